The standard InChI is InChI=1S/C31H35NO4/c1-4-22-14-15-32(18-22)20(2)19-35-27-11-8-23(9-12-27)31-30(24-6-5-7-25(33)16-24)21(3)28-17-26(34)10-13-29(28)36-31/h5-13,16-17,20,22,31,33-34H,4,14-15,18-19H2,1-3H3/t20-,22+,31+/m0/s1. The van der Waals surface area contributed by atoms with Crippen molar-refractivity contribution in [3.63, 3.8) is 0 Å². The van der Waals surface area contributed by atoms with Crippen LogP contribution in [0.3, 0.4) is 0 Å². The van der Waals surface area contributed by atoms with Crippen LogP contribution in [-0.2, 0) is 0 Å². The molecular formula is C31H35NO4. The van der Waals surface area contributed by atoms with Crippen LogP contribution in [0.25, 0.3) is 11.1 Å². The van der Waals surface area contributed by atoms with Crippen molar-refractivity contribution in [3.05, 3.63) is 83.4 Å². The average Bonchev–Trinajstić information content (AvgIpc) is 3.37. The molecule has 2 aliphatic rings. The molecule has 2 N–H and O–H groups in total. The van der Waals surface area contributed by atoms with E-state index in [2.05, 4.69) is 30.9 Å². The highest BCUT2D eigenvalue weighted by Crippen LogP contribution is 2.47. The highest BCUT2D eigenvalue weighted by atomic mass is 16.5. The minimum atomic E-state index is -0.354. The van der Waals surface area contributed by atoms with Gasteiger partial charge in [0.1, 0.15) is 35.7 Å². The van der Waals surface area contributed by atoms with Crippen molar-refractivity contribution in [2.75, 3.05) is 19.7 Å². The number of hydrogen-bond acceptors (Lipinski definition) is 5. The van der Waals surface area contributed by atoms with E-state index in [1.807, 2.05) is 31.2 Å². The maximum Gasteiger partial charge on any atom is 0.150 e. The van der Waals surface area contributed by atoms with Gasteiger partial charge in [-0.2, -0.15) is 0 Å². The van der Waals surface area contributed by atoms with Crippen LogP contribution in [0.4, 0.5) is 0 Å². The topological polar surface area (TPSA) is 62.2 Å². The van der Waals surface area contributed by atoms with Gasteiger partial charge in [0.05, 0.1) is 0 Å². The monoisotopic (exact) mass is 485 g/mol. The summed E-state index contributed by atoms with van der Waals surface area (Å²) in [5.74, 6) is 2.78. The molecule has 3 atom stereocenters. The van der Waals surface area contributed by atoms with Gasteiger partial charge < -0.3 is 19.7 Å². The first-order chi connectivity index (χ1) is 17.4. The molecule has 5 nitrogen and oxygen atoms in total. The first-order valence-electron chi connectivity index (χ1n) is 12.9. The summed E-state index contributed by atoms with van der Waals surface area (Å²) in [6, 6.07) is 20.9. The van der Waals surface area contributed by atoms with E-state index >= 15 is 0 Å². The number of fused-ring (bicyclic) bond motifs is 1. The largest absolute Gasteiger partial charge is 0.508 e. The summed E-state index contributed by atoms with van der Waals surface area (Å²) in [5, 5.41) is 20.2. The van der Waals surface area contributed by atoms with Crippen LogP contribution in [0, 0.1) is 5.92 Å². The van der Waals surface area contributed by atoms with Crippen molar-refractivity contribution in [2.24, 2.45) is 5.92 Å². The zero-order valence-corrected chi connectivity index (χ0v) is 21.3. The Morgan fingerprint density at radius 2 is 1.81 bits per heavy atom. The Bertz CT molecular complexity index is 1250. The number of hydrogen-bond donors (Lipinski definition) is 2. The van der Waals surface area contributed by atoms with Crippen LogP contribution in [0.1, 0.15) is 56.4 Å². The quantitative estimate of drug-likeness (QED) is 0.392. The van der Waals surface area contributed by atoms with Gasteiger partial charge in [-0.1, -0.05) is 37.6 Å². The van der Waals surface area contributed by atoms with E-state index < -0.39 is 0 Å². The maximum atomic E-state index is 10.2. The van der Waals surface area contributed by atoms with Crippen molar-refractivity contribution in [2.45, 2.75) is 45.8 Å². The van der Waals surface area contributed by atoms with Gasteiger partial charge in [0.25, 0.3) is 0 Å². The van der Waals surface area contributed by atoms with Crippen LogP contribution in [-0.4, -0.2) is 40.9 Å². The van der Waals surface area contributed by atoms with E-state index in [-0.39, 0.29) is 17.6 Å². The Balaban J connectivity index is 1.38. The molecule has 0 unspecified atom stereocenters. The summed E-state index contributed by atoms with van der Waals surface area (Å²) in [6.45, 7) is 9.55. The van der Waals surface area contributed by atoms with Gasteiger partial charge in [0.2, 0.25) is 0 Å². The van der Waals surface area contributed by atoms with Gasteiger partial charge in [-0.25, -0.2) is 0 Å². The van der Waals surface area contributed by atoms with E-state index in [0.29, 0.717) is 12.6 Å². The molecule has 5 heteroatoms. The second-order valence-electron chi connectivity index (χ2n) is 10.1. The molecule has 3 aromatic rings. The fourth-order valence-corrected chi connectivity index (χ4v) is 5.37. The molecule has 0 saturated carbocycles. The third-order valence-corrected chi connectivity index (χ3v) is 7.63. The zero-order valence-electron chi connectivity index (χ0n) is 21.3. The van der Waals surface area contributed by atoms with Crippen molar-refractivity contribution >= 4 is 11.1 Å². The number of aromatic hydroxyl groups is 2. The molecule has 0 aromatic heterocycles. The molecular weight excluding hydrogens is 450 g/mol. The molecule has 36 heavy (non-hydrogen) atoms. The maximum absolute atomic E-state index is 10.2. The summed E-state index contributed by atoms with van der Waals surface area (Å²) in [5.41, 5.74) is 4.71. The Kier molecular flexibility index (Phi) is 6.92. The smallest absolute Gasteiger partial charge is 0.150 e. The Morgan fingerprint density at radius 3 is 2.53 bits per heavy atom. The van der Waals surface area contributed by atoms with Crippen LogP contribution < -0.4 is 9.47 Å². The Morgan fingerprint density at radius 1 is 1.03 bits per heavy atom. The number of benzene rings is 3. The van der Waals surface area contributed by atoms with Gasteiger partial charge in [0, 0.05) is 23.7 Å². The molecule has 2 heterocycles. The fourth-order valence-electron chi connectivity index (χ4n) is 5.37. The molecule has 1 saturated heterocycles. The molecule has 5 rings (SSSR count). The van der Waals surface area contributed by atoms with Gasteiger partial charge in [0.15, 0.2) is 0 Å². The van der Waals surface area contributed by atoms with Crippen LogP contribution in [0.15, 0.2) is 66.7 Å². The number of likely N-dealkylation sites (tertiary alicyclic amines) is 1. The molecule has 1 fully saturated rings. The number of allylic oxidation sites excluding steroid dienone is 1. The van der Waals surface area contributed by atoms with Gasteiger partial charge in [-0.05, 0) is 91.9 Å². The van der Waals surface area contributed by atoms with E-state index in [9.17, 15) is 10.2 Å². The summed E-state index contributed by atoms with van der Waals surface area (Å²) in [7, 11) is 0. The molecule has 0 bridgehead atoms. The molecule has 188 valence electrons. The first-order valence-corrected chi connectivity index (χ1v) is 12.9. The predicted molar refractivity (Wildman–Crippen MR) is 143 cm³/mol. The lowest BCUT2D eigenvalue weighted by molar-refractivity contribution is 0.168. The zero-order chi connectivity index (χ0) is 25.2. The summed E-state index contributed by atoms with van der Waals surface area (Å²) in [6.07, 6.45) is 2.18. The van der Waals surface area contributed by atoms with Gasteiger partial charge >= 0.3 is 0 Å². The average molecular weight is 486 g/mol. The Labute approximate surface area is 213 Å². The van der Waals surface area contributed by atoms with Crippen molar-refractivity contribution in [1.29, 1.82) is 0 Å². The lowest BCUT2D eigenvalue weighted by Gasteiger charge is -2.31. The Hall–Kier alpha value is -3.44. The normalized spacial score (nSPS) is 20.6. The van der Waals surface area contributed by atoms with E-state index in [1.54, 1.807) is 30.3 Å². The number of phenolic OH excluding ortho intramolecular Hbond substituents is 2. The second-order valence-corrected chi connectivity index (χ2v) is 10.1. The third-order valence-electron chi connectivity index (χ3n) is 7.63. The highest BCUT2D eigenvalue weighted by Gasteiger charge is 2.30. The SMILES string of the molecule is CC[C@@H]1CCN([C@@H](C)COc2ccc([C@H]3Oc4ccc(O)cc4C(C)=C3c3cccc(O)c3)cc2)C1. The first kappa shape index (κ1) is 24.3. The van der Waals surface area contributed by atoms with Crippen molar-refractivity contribution < 1.29 is 19.7 Å². The summed E-state index contributed by atoms with van der Waals surface area (Å²) >= 11 is 0. The molecule has 0 spiro atoms. The van der Waals surface area contributed by atoms with Gasteiger partial charge in [-0.15, -0.1) is 0 Å². The molecule has 0 aliphatic carbocycles. The number of nitrogens with zero attached hydrogens (tertiary/aromatic N) is 1. The molecule has 3 aromatic carbocycles. The number of ether oxygens (including phenoxy) is 2. The fraction of sp³-hybridized carbons (Fsp3) is 0.355. The van der Waals surface area contributed by atoms with Crippen LogP contribution in [0.2, 0.25) is 0 Å². The highest BCUT2D eigenvalue weighted by molar-refractivity contribution is 5.95. The lowest BCUT2D eigenvalue weighted by Crippen LogP contribution is -2.35. The van der Waals surface area contributed by atoms with Crippen LogP contribution >= 0.6 is 0 Å². The van der Waals surface area contributed by atoms with Crippen molar-refractivity contribution in [3.8, 4) is 23.0 Å². The third kappa shape index (κ3) is 4.93. The number of rotatable bonds is 7. The molecule has 2 aliphatic heterocycles. The lowest BCUT2D eigenvalue weighted by atomic mass is 9.86. The number of phenols is 2. The second kappa shape index (κ2) is 10.3. The minimum Gasteiger partial charge on any atom is -0.508 e. The van der Waals surface area contributed by atoms with E-state index in [0.717, 1.165) is 51.8 Å². The molecule has 0 radical (unpaired) electrons. The van der Waals surface area contributed by atoms with Gasteiger partial charge in [-0.3, -0.25) is 4.90 Å². The predicted octanol–water partition coefficient (Wildman–Crippen LogP) is 6.66. The minimum absolute atomic E-state index is 0.195. The van der Waals surface area contributed by atoms with Crippen LogP contribution in [0.5, 0.6) is 23.0 Å². The molecule has 0 amide bonds. The summed E-state index contributed by atoms with van der Waals surface area (Å²) in [4.78, 5) is 2.53. The van der Waals surface area contributed by atoms with E-state index in [4.69, 9.17) is 9.47 Å². The summed E-state index contributed by atoms with van der Waals surface area (Å²) < 4.78 is 12.6. The van der Waals surface area contributed by atoms with Crippen molar-refractivity contribution in [1.82, 2.24) is 4.90 Å². The van der Waals surface area contributed by atoms with E-state index in [1.165, 1.54) is 19.4 Å².